The molecule has 0 radical (unpaired) electrons. The van der Waals surface area contributed by atoms with Crippen molar-refractivity contribution in [1.29, 1.82) is 0 Å². The molecule has 0 saturated heterocycles. The van der Waals surface area contributed by atoms with Crippen LogP contribution < -0.4 is 5.73 Å². The Kier molecular flexibility index (Phi) is 3.75. The first kappa shape index (κ1) is 11.6. The maximum Gasteiger partial charge on any atom is 0.0393 e. The quantitative estimate of drug-likeness (QED) is 0.728. The summed E-state index contributed by atoms with van der Waals surface area (Å²) in [6, 6.07) is 16.3. The van der Waals surface area contributed by atoms with Crippen molar-refractivity contribution < 1.29 is 0 Å². The van der Waals surface area contributed by atoms with Gasteiger partial charge in [-0.15, -0.1) is 12.4 Å². The van der Waals surface area contributed by atoms with Crippen molar-refractivity contribution in [2.24, 2.45) is 0 Å². The minimum atomic E-state index is 0. The summed E-state index contributed by atoms with van der Waals surface area (Å²) >= 11 is 0. The highest BCUT2D eigenvalue weighted by Crippen LogP contribution is 2.25. The zero-order valence-corrected chi connectivity index (χ0v) is 9.42. The first-order chi connectivity index (χ1) is 6.77. The summed E-state index contributed by atoms with van der Waals surface area (Å²) in [6.45, 7) is 2.09. The first-order valence-electron chi connectivity index (χ1n) is 4.69. The van der Waals surface area contributed by atoms with Crippen LogP contribution in [0.4, 0.5) is 5.69 Å². The predicted octanol–water partition coefficient (Wildman–Crippen LogP) is 3.67. The molecule has 0 unspecified atom stereocenters. The van der Waals surface area contributed by atoms with E-state index < -0.39 is 0 Å². The van der Waals surface area contributed by atoms with E-state index in [1.165, 1.54) is 11.1 Å². The Balaban J connectivity index is 0.00000112. The molecule has 0 fully saturated rings. The standard InChI is InChI=1S/C13H13N.ClH/c1-10-5-4-6-11(9-10)12-7-2-3-8-13(12)14;/h2-9H,14H2,1H3;1H. The molecular formula is C13H14ClN. The second kappa shape index (κ2) is 4.85. The molecule has 0 atom stereocenters. The van der Waals surface area contributed by atoms with Crippen molar-refractivity contribution >= 4 is 18.1 Å². The molecule has 2 N–H and O–H groups in total. The van der Waals surface area contributed by atoms with Gasteiger partial charge in [-0.25, -0.2) is 0 Å². The second-order valence-electron chi connectivity index (χ2n) is 3.46. The number of anilines is 1. The maximum atomic E-state index is 5.90. The summed E-state index contributed by atoms with van der Waals surface area (Å²) in [4.78, 5) is 0. The molecule has 0 amide bonds. The fourth-order valence-corrected chi connectivity index (χ4v) is 1.57. The monoisotopic (exact) mass is 219 g/mol. The van der Waals surface area contributed by atoms with Crippen molar-refractivity contribution in [3.05, 3.63) is 54.1 Å². The fraction of sp³-hybridized carbons (Fsp3) is 0.0769. The molecule has 0 bridgehead atoms. The van der Waals surface area contributed by atoms with E-state index in [1.54, 1.807) is 0 Å². The molecule has 0 aromatic heterocycles. The lowest BCUT2D eigenvalue weighted by Gasteiger charge is -2.05. The summed E-state index contributed by atoms with van der Waals surface area (Å²) in [6.07, 6.45) is 0. The minimum absolute atomic E-state index is 0. The topological polar surface area (TPSA) is 26.0 Å². The Hall–Kier alpha value is -1.47. The van der Waals surface area contributed by atoms with Gasteiger partial charge in [0, 0.05) is 11.3 Å². The van der Waals surface area contributed by atoms with E-state index in [1.807, 2.05) is 24.3 Å². The fourth-order valence-electron chi connectivity index (χ4n) is 1.57. The number of hydrogen-bond acceptors (Lipinski definition) is 1. The third-order valence-electron chi connectivity index (χ3n) is 2.29. The second-order valence-corrected chi connectivity index (χ2v) is 3.46. The van der Waals surface area contributed by atoms with Crippen LogP contribution in [0.1, 0.15) is 5.56 Å². The molecule has 0 aliphatic heterocycles. The van der Waals surface area contributed by atoms with Gasteiger partial charge in [0.05, 0.1) is 0 Å². The van der Waals surface area contributed by atoms with Gasteiger partial charge in [-0.2, -0.15) is 0 Å². The predicted molar refractivity (Wildman–Crippen MR) is 68.3 cm³/mol. The van der Waals surface area contributed by atoms with Crippen LogP contribution in [0, 0.1) is 6.92 Å². The molecular weight excluding hydrogens is 206 g/mol. The number of aryl methyl sites for hydroxylation is 1. The number of nitrogens with two attached hydrogens (primary N) is 1. The summed E-state index contributed by atoms with van der Waals surface area (Å²) in [5, 5.41) is 0. The van der Waals surface area contributed by atoms with E-state index in [0.717, 1.165) is 11.3 Å². The van der Waals surface area contributed by atoms with Crippen LogP contribution in [0.5, 0.6) is 0 Å². The van der Waals surface area contributed by atoms with Crippen LogP contribution in [0.2, 0.25) is 0 Å². The Labute approximate surface area is 96.3 Å². The molecule has 0 aliphatic carbocycles. The smallest absolute Gasteiger partial charge is 0.0393 e. The number of para-hydroxylation sites is 1. The molecule has 78 valence electrons. The lowest BCUT2D eigenvalue weighted by Crippen LogP contribution is -1.89. The highest BCUT2D eigenvalue weighted by atomic mass is 35.5. The molecule has 0 saturated carbocycles. The zero-order chi connectivity index (χ0) is 9.97. The molecule has 2 heteroatoms. The maximum absolute atomic E-state index is 5.90. The largest absolute Gasteiger partial charge is 0.398 e. The third kappa shape index (κ3) is 2.51. The van der Waals surface area contributed by atoms with Crippen LogP contribution in [0.15, 0.2) is 48.5 Å². The van der Waals surface area contributed by atoms with E-state index in [0.29, 0.717) is 0 Å². The summed E-state index contributed by atoms with van der Waals surface area (Å²) < 4.78 is 0. The van der Waals surface area contributed by atoms with E-state index in [-0.39, 0.29) is 12.4 Å². The molecule has 2 aromatic rings. The molecule has 0 aliphatic rings. The minimum Gasteiger partial charge on any atom is -0.398 e. The number of hydrogen-bond donors (Lipinski definition) is 1. The van der Waals surface area contributed by atoms with Gasteiger partial charge in [-0.3, -0.25) is 0 Å². The molecule has 2 aromatic carbocycles. The van der Waals surface area contributed by atoms with Crippen LogP contribution in [0.25, 0.3) is 11.1 Å². The average molecular weight is 220 g/mol. The molecule has 1 nitrogen and oxygen atoms in total. The number of rotatable bonds is 1. The van der Waals surface area contributed by atoms with Gasteiger partial charge in [0.15, 0.2) is 0 Å². The van der Waals surface area contributed by atoms with Crippen LogP contribution in [-0.4, -0.2) is 0 Å². The highest BCUT2D eigenvalue weighted by molar-refractivity contribution is 5.85. The van der Waals surface area contributed by atoms with Gasteiger partial charge in [0.1, 0.15) is 0 Å². The van der Waals surface area contributed by atoms with E-state index in [2.05, 4.69) is 31.2 Å². The van der Waals surface area contributed by atoms with Crippen LogP contribution in [-0.2, 0) is 0 Å². The van der Waals surface area contributed by atoms with Crippen molar-refractivity contribution in [2.75, 3.05) is 5.73 Å². The van der Waals surface area contributed by atoms with E-state index in [4.69, 9.17) is 5.73 Å². The Bertz CT molecular complexity index is 452. The zero-order valence-electron chi connectivity index (χ0n) is 8.60. The van der Waals surface area contributed by atoms with Crippen LogP contribution in [0.3, 0.4) is 0 Å². The van der Waals surface area contributed by atoms with Crippen molar-refractivity contribution in [3.63, 3.8) is 0 Å². The van der Waals surface area contributed by atoms with Gasteiger partial charge < -0.3 is 5.73 Å². The van der Waals surface area contributed by atoms with E-state index >= 15 is 0 Å². The van der Waals surface area contributed by atoms with Gasteiger partial charge >= 0.3 is 0 Å². The van der Waals surface area contributed by atoms with Gasteiger partial charge in [-0.1, -0.05) is 48.0 Å². The average Bonchev–Trinajstić information content (AvgIpc) is 2.18. The lowest BCUT2D eigenvalue weighted by molar-refractivity contribution is 1.47. The lowest BCUT2D eigenvalue weighted by atomic mass is 10.0. The van der Waals surface area contributed by atoms with Gasteiger partial charge in [-0.05, 0) is 18.6 Å². The molecule has 0 heterocycles. The van der Waals surface area contributed by atoms with Crippen LogP contribution >= 0.6 is 12.4 Å². The van der Waals surface area contributed by atoms with Crippen molar-refractivity contribution in [1.82, 2.24) is 0 Å². The summed E-state index contributed by atoms with van der Waals surface area (Å²) in [7, 11) is 0. The molecule has 0 spiro atoms. The Morgan fingerprint density at radius 3 is 2.33 bits per heavy atom. The normalized spacial score (nSPS) is 9.40. The Morgan fingerprint density at radius 1 is 0.933 bits per heavy atom. The van der Waals surface area contributed by atoms with Gasteiger partial charge in [0.2, 0.25) is 0 Å². The van der Waals surface area contributed by atoms with Crippen molar-refractivity contribution in [3.8, 4) is 11.1 Å². The van der Waals surface area contributed by atoms with Crippen molar-refractivity contribution in [2.45, 2.75) is 6.92 Å². The number of halogens is 1. The number of nitrogen functional groups attached to an aromatic ring is 1. The third-order valence-corrected chi connectivity index (χ3v) is 2.29. The summed E-state index contributed by atoms with van der Waals surface area (Å²) in [5.41, 5.74) is 10.3. The van der Waals surface area contributed by atoms with E-state index in [9.17, 15) is 0 Å². The molecule has 2 rings (SSSR count). The number of benzene rings is 2. The van der Waals surface area contributed by atoms with Gasteiger partial charge in [0.25, 0.3) is 0 Å². The highest BCUT2D eigenvalue weighted by Gasteiger charge is 2.00. The summed E-state index contributed by atoms with van der Waals surface area (Å²) in [5.74, 6) is 0. The Morgan fingerprint density at radius 2 is 1.67 bits per heavy atom. The first-order valence-corrected chi connectivity index (χ1v) is 4.69. The SMILES string of the molecule is Cc1cccc(-c2ccccc2N)c1.Cl. The molecule has 15 heavy (non-hydrogen) atoms.